The van der Waals surface area contributed by atoms with Gasteiger partial charge >= 0.3 is 11.9 Å². The van der Waals surface area contributed by atoms with Crippen LogP contribution in [0.5, 0.6) is 0 Å². The first-order valence-electron chi connectivity index (χ1n) is 9.15. The first-order chi connectivity index (χ1) is 13.4. The average molecular weight is 374 g/mol. The van der Waals surface area contributed by atoms with Gasteiger partial charge in [0.25, 0.3) is 0 Å². The van der Waals surface area contributed by atoms with E-state index in [4.69, 9.17) is 0 Å². The summed E-state index contributed by atoms with van der Waals surface area (Å²) < 4.78 is 0. The molecular weight excluding hydrogens is 352 g/mol. The molecule has 0 fully saturated rings. The van der Waals surface area contributed by atoms with E-state index >= 15 is 0 Å². The third-order valence-corrected chi connectivity index (χ3v) is 5.22. The highest BCUT2D eigenvalue weighted by atomic mass is 16.4. The fraction of sp³-hybridized carbons (Fsp3) is 0.167. The molecule has 2 unspecified atom stereocenters. The quantitative estimate of drug-likeness (QED) is 0.607. The Labute approximate surface area is 164 Å². The van der Waals surface area contributed by atoms with Gasteiger partial charge in [0.1, 0.15) is 0 Å². The number of rotatable bonds is 6. The zero-order valence-electron chi connectivity index (χ0n) is 15.8. The van der Waals surface area contributed by atoms with Crippen LogP contribution in [-0.2, 0) is 0 Å². The lowest BCUT2D eigenvalue weighted by Crippen LogP contribution is -2.17. The summed E-state index contributed by atoms with van der Waals surface area (Å²) in [7, 11) is 0. The topological polar surface area (TPSA) is 74.6 Å². The Morgan fingerprint density at radius 3 is 1.64 bits per heavy atom. The van der Waals surface area contributed by atoms with Gasteiger partial charge in [-0.2, -0.15) is 0 Å². The van der Waals surface area contributed by atoms with E-state index in [1.165, 1.54) is 6.07 Å². The summed E-state index contributed by atoms with van der Waals surface area (Å²) in [5, 5.41) is 19.5. The van der Waals surface area contributed by atoms with Crippen LogP contribution in [-0.4, -0.2) is 22.2 Å². The number of carboxylic acid groups (broad SMARTS) is 2. The van der Waals surface area contributed by atoms with Gasteiger partial charge in [0.15, 0.2) is 0 Å². The summed E-state index contributed by atoms with van der Waals surface area (Å²) in [6.07, 6.45) is 0. The highest BCUT2D eigenvalue weighted by Crippen LogP contribution is 2.37. The van der Waals surface area contributed by atoms with Crippen LogP contribution in [0.15, 0.2) is 72.8 Å². The SMILES string of the molecule is CC(c1ccccc1)c1ccc(C(=O)O)c(C(=O)O)c1C(C)c1ccccc1. The molecule has 2 atom stereocenters. The lowest BCUT2D eigenvalue weighted by atomic mass is 9.79. The summed E-state index contributed by atoms with van der Waals surface area (Å²) in [6, 6.07) is 22.5. The van der Waals surface area contributed by atoms with Gasteiger partial charge in [-0.1, -0.05) is 80.6 Å². The second-order valence-electron chi connectivity index (χ2n) is 6.87. The van der Waals surface area contributed by atoms with Crippen molar-refractivity contribution in [2.75, 3.05) is 0 Å². The predicted octanol–water partition coefficient (Wildman–Crippen LogP) is 5.39. The van der Waals surface area contributed by atoms with E-state index < -0.39 is 11.9 Å². The van der Waals surface area contributed by atoms with Gasteiger partial charge in [-0.05, 0) is 28.3 Å². The van der Waals surface area contributed by atoms with Gasteiger partial charge in [-0.15, -0.1) is 0 Å². The largest absolute Gasteiger partial charge is 0.478 e. The Bertz CT molecular complexity index is 994. The van der Waals surface area contributed by atoms with Crippen LogP contribution in [0.3, 0.4) is 0 Å². The molecule has 142 valence electrons. The minimum atomic E-state index is -1.24. The Kier molecular flexibility index (Phi) is 5.59. The average Bonchev–Trinajstić information content (AvgIpc) is 2.72. The zero-order chi connectivity index (χ0) is 20.3. The van der Waals surface area contributed by atoms with Crippen molar-refractivity contribution in [1.29, 1.82) is 0 Å². The summed E-state index contributed by atoms with van der Waals surface area (Å²) in [4.78, 5) is 23.9. The van der Waals surface area contributed by atoms with Crippen LogP contribution in [0.25, 0.3) is 0 Å². The molecule has 3 rings (SSSR count). The van der Waals surface area contributed by atoms with Crippen LogP contribution < -0.4 is 0 Å². The monoisotopic (exact) mass is 374 g/mol. The van der Waals surface area contributed by atoms with Crippen molar-refractivity contribution in [3.05, 3.63) is 106 Å². The number of aromatic carboxylic acids is 2. The lowest BCUT2D eigenvalue weighted by Gasteiger charge is -2.24. The third-order valence-electron chi connectivity index (χ3n) is 5.22. The molecule has 0 amide bonds. The highest BCUT2D eigenvalue weighted by Gasteiger charge is 2.28. The van der Waals surface area contributed by atoms with Crippen LogP contribution in [0, 0.1) is 0 Å². The number of carbonyl (C=O) groups is 2. The van der Waals surface area contributed by atoms with E-state index in [2.05, 4.69) is 0 Å². The molecule has 4 nitrogen and oxygen atoms in total. The molecule has 0 aliphatic carbocycles. The third kappa shape index (κ3) is 3.67. The lowest BCUT2D eigenvalue weighted by molar-refractivity contribution is 0.0650. The number of benzene rings is 3. The van der Waals surface area contributed by atoms with E-state index in [1.807, 2.05) is 74.5 Å². The molecule has 0 saturated heterocycles. The van der Waals surface area contributed by atoms with Crippen molar-refractivity contribution in [3.8, 4) is 0 Å². The molecule has 2 N–H and O–H groups in total. The molecule has 0 bridgehead atoms. The maximum Gasteiger partial charge on any atom is 0.336 e. The van der Waals surface area contributed by atoms with Crippen molar-refractivity contribution < 1.29 is 19.8 Å². The van der Waals surface area contributed by atoms with Crippen LogP contribution >= 0.6 is 0 Å². The second kappa shape index (κ2) is 8.09. The Morgan fingerprint density at radius 2 is 1.18 bits per heavy atom. The van der Waals surface area contributed by atoms with Crippen molar-refractivity contribution >= 4 is 11.9 Å². The van der Waals surface area contributed by atoms with Gasteiger partial charge in [0.05, 0.1) is 11.1 Å². The smallest absolute Gasteiger partial charge is 0.336 e. The molecule has 0 aliphatic heterocycles. The summed E-state index contributed by atoms with van der Waals surface area (Å²) in [6.45, 7) is 3.93. The molecule has 28 heavy (non-hydrogen) atoms. The molecule has 0 heterocycles. The number of hydrogen-bond acceptors (Lipinski definition) is 2. The normalized spacial score (nSPS) is 12.9. The Morgan fingerprint density at radius 1 is 0.679 bits per heavy atom. The summed E-state index contributed by atoms with van der Waals surface area (Å²) >= 11 is 0. The molecule has 0 saturated carbocycles. The fourth-order valence-electron chi connectivity index (χ4n) is 3.72. The molecule has 3 aromatic carbocycles. The van der Waals surface area contributed by atoms with Gasteiger partial charge in [-0.3, -0.25) is 0 Å². The molecule has 4 heteroatoms. The maximum atomic E-state index is 12.1. The van der Waals surface area contributed by atoms with Crippen molar-refractivity contribution in [2.45, 2.75) is 25.7 Å². The molecule has 3 aromatic rings. The first kappa shape index (κ1) is 19.4. The Hall–Kier alpha value is -3.40. The van der Waals surface area contributed by atoms with Crippen molar-refractivity contribution in [3.63, 3.8) is 0 Å². The molecule has 0 spiro atoms. The van der Waals surface area contributed by atoms with E-state index in [9.17, 15) is 19.8 Å². The van der Waals surface area contributed by atoms with E-state index in [0.29, 0.717) is 5.56 Å². The van der Waals surface area contributed by atoms with Crippen LogP contribution in [0.1, 0.15) is 68.7 Å². The van der Waals surface area contributed by atoms with E-state index in [1.54, 1.807) is 6.07 Å². The Balaban J connectivity index is 2.29. The second-order valence-corrected chi connectivity index (χ2v) is 6.87. The summed E-state index contributed by atoms with van der Waals surface area (Å²) in [5.74, 6) is -2.81. The first-order valence-corrected chi connectivity index (χ1v) is 9.15. The van der Waals surface area contributed by atoms with Crippen LogP contribution in [0.4, 0.5) is 0 Å². The zero-order valence-corrected chi connectivity index (χ0v) is 15.8. The minimum absolute atomic E-state index is 0.0803. The maximum absolute atomic E-state index is 12.1. The summed E-state index contributed by atoms with van der Waals surface area (Å²) in [5.41, 5.74) is 3.04. The predicted molar refractivity (Wildman–Crippen MR) is 108 cm³/mol. The fourth-order valence-corrected chi connectivity index (χ4v) is 3.72. The molecular formula is C24H22O4. The highest BCUT2D eigenvalue weighted by molar-refractivity contribution is 6.03. The van der Waals surface area contributed by atoms with Gasteiger partial charge in [-0.25, -0.2) is 9.59 Å². The van der Waals surface area contributed by atoms with Gasteiger partial charge in [0, 0.05) is 11.8 Å². The molecule has 0 aliphatic rings. The molecule has 0 aromatic heterocycles. The van der Waals surface area contributed by atoms with Crippen LogP contribution in [0.2, 0.25) is 0 Å². The standard InChI is InChI=1S/C24H22O4/c1-15(17-9-5-3-6-10-17)19-13-14-20(23(25)26)22(24(27)28)21(19)16(2)18-11-7-4-8-12-18/h3-16H,1-2H3,(H,25,26)(H,27,28). The molecule has 0 radical (unpaired) electrons. The number of hydrogen-bond donors (Lipinski definition) is 2. The van der Waals surface area contributed by atoms with Gasteiger partial charge < -0.3 is 10.2 Å². The van der Waals surface area contributed by atoms with Crippen molar-refractivity contribution in [2.24, 2.45) is 0 Å². The van der Waals surface area contributed by atoms with E-state index in [0.717, 1.165) is 16.7 Å². The van der Waals surface area contributed by atoms with E-state index in [-0.39, 0.29) is 23.0 Å². The number of carboxylic acids is 2. The van der Waals surface area contributed by atoms with Gasteiger partial charge in [0.2, 0.25) is 0 Å². The van der Waals surface area contributed by atoms with Crippen molar-refractivity contribution in [1.82, 2.24) is 0 Å². The minimum Gasteiger partial charge on any atom is -0.478 e.